The van der Waals surface area contributed by atoms with Gasteiger partial charge in [0.2, 0.25) is 0 Å². The molecule has 0 saturated heterocycles. The first-order chi connectivity index (χ1) is 25.6. The Morgan fingerprint density at radius 3 is 1.47 bits per heavy atom. The van der Waals surface area contributed by atoms with Crippen molar-refractivity contribution in [2.75, 3.05) is 0 Å². The molecule has 4 aromatic carbocycles. The predicted octanol–water partition coefficient (Wildman–Crippen LogP) is 10.4. The number of aryl methyl sites for hydroxylation is 2. The fourth-order valence-electron chi connectivity index (χ4n) is 7.57. The van der Waals surface area contributed by atoms with E-state index in [2.05, 4.69) is 67.2 Å². The quantitative estimate of drug-likeness (QED) is 0.119. The Bertz CT molecular complexity index is 2120. The number of carboxylic acid groups (broad SMARTS) is 1. The van der Waals surface area contributed by atoms with Gasteiger partial charge in [-0.15, -0.1) is 12.8 Å². The van der Waals surface area contributed by atoms with Crippen LogP contribution in [0.2, 0.25) is 0 Å². The minimum atomic E-state index is -0.972. The monoisotopic (exact) mass is 742 g/mol. The highest BCUT2D eigenvalue weighted by Gasteiger charge is 2.42. The van der Waals surface area contributed by atoms with E-state index in [1.807, 2.05) is 56.3 Å². The second-order valence-electron chi connectivity index (χ2n) is 16.6. The molecule has 0 fully saturated rings. The van der Waals surface area contributed by atoms with Crippen LogP contribution in [0, 0.1) is 24.7 Å². The van der Waals surface area contributed by atoms with E-state index in [-0.39, 0.29) is 27.6 Å². The molecule has 0 bridgehead atoms. The van der Waals surface area contributed by atoms with Gasteiger partial charge in [0, 0.05) is 11.1 Å². The van der Waals surface area contributed by atoms with Gasteiger partial charge in [-0.3, -0.25) is 0 Å². The molecule has 6 rings (SSSR count). The average Bonchev–Trinajstić information content (AvgIpc) is 3.10. The van der Waals surface area contributed by atoms with Crippen molar-refractivity contribution in [1.82, 2.24) is 0 Å². The number of ether oxygens (including phenoxy) is 3. The van der Waals surface area contributed by atoms with E-state index < -0.39 is 11.9 Å². The number of fused-ring (bicyclic) bond motifs is 2. The topological polar surface area (TPSA) is 102 Å². The number of benzene rings is 4. The number of terminal acetylenes is 2. The van der Waals surface area contributed by atoms with Gasteiger partial charge in [-0.05, 0) is 124 Å². The molecule has 55 heavy (non-hydrogen) atoms. The van der Waals surface area contributed by atoms with Gasteiger partial charge in [-0.25, -0.2) is 9.59 Å². The van der Waals surface area contributed by atoms with E-state index in [1.54, 1.807) is 24.3 Å². The molecule has 2 heterocycles. The smallest absolute Gasteiger partial charge is 0.343 e. The van der Waals surface area contributed by atoms with Crippen LogP contribution >= 0.6 is 0 Å². The van der Waals surface area contributed by atoms with E-state index in [0.717, 1.165) is 36.8 Å². The van der Waals surface area contributed by atoms with Crippen molar-refractivity contribution in [2.24, 2.45) is 0 Å². The Labute approximate surface area is 327 Å². The number of aromatic carboxylic acids is 1. The molecular formula is C48H54O7. The second kappa shape index (κ2) is 16.4. The maximum absolute atomic E-state index is 12.7. The lowest BCUT2D eigenvalue weighted by Crippen LogP contribution is -2.41. The first kappa shape index (κ1) is 42.1. The molecule has 4 aromatic rings. The normalized spacial score (nSPS) is 16.2. The van der Waals surface area contributed by atoms with Crippen LogP contribution in [-0.2, 0) is 23.7 Å². The molecule has 0 radical (unpaired) electrons. The molecule has 7 heteroatoms. The van der Waals surface area contributed by atoms with Crippen LogP contribution in [0.3, 0.4) is 0 Å². The molecule has 2 aliphatic heterocycles. The number of phenols is 1. The first-order valence-corrected chi connectivity index (χ1v) is 18.6. The molecule has 0 amide bonds. The zero-order valence-electron chi connectivity index (χ0n) is 33.8. The number of phenolic OH excluding ortho intramolecular Hbond substituents is 1. The molecule has 0 aliphatic carbocycles. The minimum absolute atomic E-state index is 0.165. The van der Waals surface area contributed by atoms with Gasteiger partial charge in [0.05, 0.1) is 22.3 Å². The average molecular weight is 743 g/mol. The number of carbonyl (C=O) groups is 2. The fraction of sp³-hybridized carbons (Fsp3) is 0.375. The molecule has 0 saturated carbocycles. The number of hydrogen-bond donors (Lipinski definition) is 2. The van der Waals surface area contributed by atoms with Crippen molar-refractivity contribution in [3.8, 4) is 47.7 Å². The third-order valence-corrected chi connectivity index (χ3v) is 9.81. The minimum Gasteiger partial charge on any atom is -0.508 e. The molecule has 7 nitrogen and oxygen atoms in total. The van der Waals surface area contributed by atoms with E-state index in [4.69, 9.17) is 37.3 Å². The number of rotatable bonds is 5. The van der Waals surface area contributed by atoms with Gasteiger partial charge < -0.3 is 24.4 Å². The second-order valence-corrected chi connectivity index (χ2v) is 16.6. The van der Waals surface area contributed by atoms with E-state index in [1.165, 1.54) is 17.2 Å². The Balaban J connectivity index is 0.000000207. The third kappa shape index (κ3) is 10.3. The van der Waals surface area contributed by atoms with Crippen LogP contribution < -0.4 is 14.2 Å². The number of aromatic hydroxyl groups is 1. The van der Waals surface area contributed by atoms with Crippen molar-refractivity contribution in [3.05, 3.63) is 117 Å². The summed E-state index contributed by atoms with van der Waals surface area (Å²) in [6.07, 6.45) is 14.8. The summed E-state index contributed by atoms with van der Waals surface area (Å²) in [6.45, 7) is 20.8. The summed E-state index contributed by atoms with van der Waals surface area (Å²) in [6, 6.07) is 21.5. The Kier molecular flexibility index (Phi) is 12.5. The summed E-state index contributed by atoms with van der Waals surface area (Å²) in [5, 5.41) is 18.0. The van der Waals surface area contributed by atoms with Crippen LogP contribution in [0.25, 0.3) is 0 Å². The molecule has 2 aliphatic rings. The Morgan fingerprint density at radius 1 is 0.673 bits per heavy atom. The van der Waals surface area contributed by atoms with Crippen LogP contribution in [0.5, 0.6) is 23.0 Å². The highest BCUT2D eigenvalue weighted by Crippen LogP contribution is 2.48. The largest absolute Gasteiger partial charge is 0.508 e. The van der Waals surface area contributed by atoms with E-state index >= 15 is 0 Å². The molecule has 288 valence electrons. The Morgan fingerprint density at radius 2 is 1.07 bits per heavy atom. The zero-order valence-corrected chi connectivity index (χ0v) is 33.8. The van der Waals surface area contributed by atoms with Gasteiger partial charge in [-0.2, -0.15) is 0 Å². The fourth-order valence-corrected chi connectivity index (χ4v) is 7.57. The van der Waals surface area contributed by atoms with Gasteiger partial charge in [0.1, 0.15) is 34.2 Å². The van der Waals surface area contributed by atoms with Gasteiger partial charge in [0.25, 0.3) is 0 Å². The lowest BCUT2D eigenvalue weighted by Gasteiger charge is -2.43. The third-order valence-electron chi connectivity index (χ3n) is 9.81. The van der Waals surface area contributed by atoms with Gasteiger partial charge >= 0.3 is 11.9 Å². The summed E-state index contributed by atoms with van der Waals surface area (Å²) in [7, 11) is 0. The van der Waals surface area contributed by atoms with Gasteiger partial charge in [-0.1, -0.05) is 77.6 Å². The Hall–Kier alpha value is -5.66. The lowest BCUT2D eigenvalue weighted by molar-refractivity contribution is 0.0522. The van der Waals surface area contributed by atoms with Crippen LogP contribution in [-0.4, -0.2) is 33.4 Å². The highest BCUT2D eigenvalue weighted by atomic mass is 16.5. The van der Waals surface area contributed by atoms with Crippen LogP contribution in [0.4, 0.5) is 0 Å². The van der Waals surface area contributed by atoms with E-state index in [9.17, 15) is 9.59 Å². The molecule has 2 N–H and O–H groups in total. The van der Waals surface area contributed by atoms with Crippen molar-refractivity contribution in [2.45, 2.75) is 117 Å². The van der Waals surface area contributed by atoms with Crippen molar-refractivity contribution in [3.63, 3.8) is 0 Å². The summed E-state index contributed by atoms with van der Waals surface area (Å²) in [4.78, 5) is 23.9. The molecule has 0 aromatic heterocycles. The van der Waals surface area contributed by atoms with Gasteiger partial charge in [0.15, 0.2) is 0 Å². The number of carboxylic acids is 1. The summed E-state index contributed by atoms with van der Waals surface area (Å²) in [5.41, 5.74) is 5.06. The predicted molar refractivity (Wildman–Crippen MR) is 219 cm³/mol. The maximum Gasteiger partial charge on any atom is 0.343 e. The van der Waals surface area contributed by atoms with Crippen LogP contribution in [0.15, 0.2) is 72.8 Å². The molecular weight excluding hydrogens is 689 g/mol. The van der Waals surface area contributed by atoms with Crippen LogP contribution in [0.1, 0.15) is 136 Å². The first-order valence-electron chi connectivity index (χ1n) is 18.6. The SMILES string of the molecule is C#Cc1cc(C(=O)O)cc2c1OC(C)(C)CC2(C)C.C#Cc1cc(C(=O)Oc2ccc(CC)cc2)cc2c1OC(C)(C)CC2(C)C.CCc1ccc(O)cc1. The summed E-state index contributed by atoms with van der Waals surface area (Å²) in [5.74, 6) is 6.03. The number of carbonyl (C=O) groups excluding carboxylic acids is 1. The lowest BCUT2D eigenvalue weighted by atomic mass is 9.72. The summed E-state index contributed by atoms with van der Waals surface area (Å²) >= 11 is 0. The maximum atomic E-state index is 12.7. The molecule has 0 atom stereocenters. The number of esters is 1. The highest BCUT2D eigenvalue weighted by molar-refractivity contribution is 5.92. The van der Waals surface area contributed by atoms with E-state index in [0.29, 0.717) is 39.7 Å². The number of hydrogen-bond acceptors (Lipinski definition) is 6. The van der Waals surface area contributed by atoms with Crippen molar-refractivity contribution < 1.29 is 34.0 Å². The van der Waals surface area contributed by atoms with Crippen molar-refractivity contribution >= 4 is 11.9 Å². The zero-order chi connectivity index (χ0) is 40.9. The standard InChI is InChI=1S/C24H26O3.C16H18O3.C8H10O/c1-7-16-9-11-19(12-10-16)26-22(25)18-13-17(8-2)21-20(14-18)23(3,4)15-24(5,6)27-21;1-6-10-7-11(14(17)18)8-12-13(10)19-16(4,5)9-15(12,2)3;1-2-7-3-5-8(9)6-4-7/h2,9-14H,7,15H2,1,3-6H3;1,7-8H,9H2,2-5H3,(H,17,18);3-6,9H,2H2,1H3. The molecule has 0 unspecified atom stereocenters. The summed E-state index contributed by atoms with van der Waals surface area (Å²) < 4.78 is 17.7. The van der Waals surface area contributed by atoms with Crippen molar-refractivity contribution in [1.29, 1.82) is 0 Å². The molecule has 0 spiro atoms.